The van der Waals surface area contributed by atoms with Gasteiger partial charge in [0.25, 0.3) is 0 Å². The monoisotopic (exact) mass is 331 g/mol. The smallest absolute Gasteiger partial charge is 0.0894 e. The highest BCUT2D eigenvalue weighted by Gasteiger charge is 2.27. The van der Waals surface area contributed by atoms with E-state index in [1.165, 1.54) is 15.2 Å². The molecule has 1 aliphatic rings. The Kier molecular flexibility index (Phi) is 5.06. The molecule has 0 saturated carbocycles. The summed E-state index contributed by atoms with van der Waals surface area (Å²) in [6, 6.07) is 4.22. The topological polar surface area (TPSA) is 27.3 Å². The van der Waals surface area contributed by atoms with E-state index >= 15 is 0 Å². The second kappa shape index (κ2) is 6.37. The van der Waals surface area contributed by atoms with E-state index in [0.29, 0.717) is 0 Å². The lowest BCUT2D eigenvalue weighted by Gasteiger charge is -2.41. The third-order valence-electron chi connectivity index (χ3n) is 3.58. The van der Waals surface area contributed by atoms with Crippen LogP contribution in [0.3, 0.4) is 0 Å². The first-order valence-electron chi connectivity index (χ1n) is 6.53. The van der Waals surface area contributed by atoms with Gasteiger partial charge < -0.3 is 10.6 Å². The third-order valence-corrected chi connectivity index (χ3v) is 5.16. The standard InChI is InChI=1S/C13H22BrN3S/c1-13(2,17-9-7-15-8-10-17)5-6-16-12-4-3-11(14)18-12/h3-4,15-16H,5-10H2,1-2H3. The quantitative estimate of drug-likeness (QED) is 0.868. The van der Waals surface area contributed by atoms with Gasteiger partial charge in [0.05, 0.1) is 8.79 Å². The minimum atomic E-state index is 0.281. The van der Waals surface area contributed by atoms with Crippen molar-refractivity contribution in [2.24, 2.45) is 0 Å². The van der Waals surface area contributed by atoms with Crippen LogP contribution < -0.4 is 10.6 Å². The number of hydrogen-bond acceptors (Lipinski definition) is 4. The second-order valence-corrected chi connectivity index (χ2v) is 7.79. The number of rotatable bonds is 5. The van der Waals surface area contributed by atoms with Crippen molar-refractivity contribution in [1.82, 2.24) is 10.2 Å². The van der Waals surface area contributed by atoms with Crippen LogP contribution in [-0.2, 0) is 0 Å². The second-order valence-electron chi connectivity index (χ2n) is 5.33. The predicted octanol–water partition coefficient (Wildman–Crippen LogP) is 3.00. The summed E-state index contributed by atoms with van der Waals surface area (Å²) >= 11 is 5.25. The van der Waals surface area contributed by atoms with Crippen LogP contribution in [0.5, 0.6) is 0 Å². The lowest BCUT2D eigenvalue weighted by Crippen LogP contribution is -2.53. The molecule has 0 radical (unpaired) electrons. The van der Waals surface area contributed by atoms with Gasteiger partial charge in [-0.15, -0.1) is 11.3 Å². The zero-order valence-electron chi connectivity index (χ0n) is 11.1. The molecule has 0 spiro atoms. The Labute approximate surface area is 122 Å². The Balaban J connectivity index is 1.77. The largest absolute Gasteiger partial charge is 0.377 e. The van der Waals surface area contributed by atoms with Crippen LogP contribution in [0.2, 0.25) is 0 Å². The average molecular weight is 332 g/mol. The number of piperazine rings is 1. The molecule has 1 fully saturated rings. The molecule has 5 heteroatoms. The van der Waals surface area contributed by atoms with Gasteiger partial charge in [0, 0.05) is 38.3 Å². The summed E-state index contributed by atoms with van der Waals surface area (Å²) < 4.78 is 1.19. The first-order valence-corrected chi connectivity index (χ1v) is 8.14. The van der Waals surface area contributed by atoms with Gasteiger partial charge in [-0.1, -0.05) is 0 Å². The zero-order valence-corrected chi connectivity index (χ0v) is 13.5. The highest BCUT2D eigenvalue weighted by atomic mass is 79.9. The summed E-state index contributed by atoms with van der Waals surface area (Å²) in [5.41, 5.74) is 0.281. The number of hydrogen-bond donors (Lipinski definition) is 2. The SMILES string of the molecule is CC(C)(CCNc1ccc(Br)s1)N1CCNCC1. The molecule has 0 aliphatic carbocycles. The highest BCUT2D eigenvalue weighted by Crippen LogP contribution is 2.27. The maximum atomic E-state index is 3.51. The summed E-state index contributed by atoms with van der Waals surface area (Å²) in [5, 5.41) is 8.17. The van der Waals surface area contributed by atoms with E-state index in [1.54, 1.807) is 11.3 Å². The van der Waals surface area contributed by atoms with E-state index in [2.05, 4.69) is 57.4 Å². The molecular weight excluding hydrogens is 310 g/mol. The van der Waals surface area contributed by atoms with Crippen molar-refractivity contribution in [2.45, 2.75) is 25.8 Å². The summed E-state index contributed by atoms with van der Waals surface area (Å²) in [7, 11) is 0. The van der Waals surface area contributed by atoms with Crippen LogP contribution in [0, 0.1) is 0 Å². The average Bonchev–Trinajstić information content (AvgIpc) is 2.76. The molecule has 0 unspecified atom stereocenters. The maximum Gasteiger partial charge on any atom is 0.0894 e. The molecule has 2 heterocycles. The summed E-state index contributed by atoms with van der Waals surface area (Å²) in [6.45, 7) is 10.3. The molecule has 2 N–H and O–H groups in total. The Morgan fingerprint density at radius 2 is 2.11 bits per heavy atom. The van der Waals surface area contributed by atoms with Gasteiger partial charge in [0.2, 0.25) is 0 Å². The van der Waals surface area contributed by atoms with Crippen LogP contribution in [0.1, 0.15) is 20.3 Å². The van der Waals surface area contributed by atoms with Gasteiger partial charge in [-0.05, 0) is 48.3 Å². The van der Waals surface area contributed by atoms with Gasteiger partial charge in [-0.3, -0.25) is 4.90 Å². The van der Waals surface area contributed by atoms with Crippen LogP contribution in [0.25, 0.3) is 0 Å². The molecule has 1 aliphatic heterocycles. The van der Waals surface area contributed by atoms with Gasteiger partial charge in [0.1, 0.15) is 0 Å². The van der Waals surface area contributed by atoms with Crippen molar-refractivity contribution in [3.8, 4) is 0 Å². The van der Waals surface area contributed by atoms with E-state index in [0.717, 1.165) is 32.7 Å². The minimum absolute atomic E-state index is 0.281. The first-order chi connectivity index (χ1) is 8.58. The fraction of sp³-hybridized carbons (Fsp3) is 0.692. The lowest BCUT2D eigenvalue weighted by molar-refractivity contribution is 0.0987. The first kappa shape index (κ1) is 14.3. The predicted molar refractivity (Wildman–Crippen MR) is 83.6 cm³/mol. The fourth-order valence-electron chi connectivity index (χ4n) is 2.33. The number of nitrogens with one attached hydrogen (secondary N) is 2. The lowest BCUT2D eigenvalue weighted by atomic mass is 9.97. The van der Waals surface area contributed by atoms with Crippen molar-refractivity contribution in [2.75, 3.05) is 38.0 Å². The normalized spacial score (nSPS) is 17.9. The van der Waals surface area contributed by atoms with Gasteiger partial charge in [0.15, 0.2) is 0 Å². The molecule has 1 aromatic rings. The third kappa shape index (κ3) is 3.95. The minimum Gasteiger partial charge on any atom is -0.377 e. The van der Waals surface area contributed by atoms with Crippen LogP contribution in [0.4, 0.5) is 5.00 Å². The van der Waals surface area contributed by atoms with Gasteiger partial charge in [-0.25, -0.2) is 0 Å². The molecule has 0 amide bonds. The zero-order chi connectivity index (χ0) is 13.0. The van der Waals surface area contributed by atoms with E-state index in [1.807, 2.05) is 0 Å². The Morgan fingerprint density at radius 1 is 1.39 bits per heavy atom. The van der Waals surface area contributed by atoms with Gasteiger partial charge >= 0.3 is 0 Å². The van der Waals surface area contributed by atoms with E-state index in [4.69, 9.17) is 0 Å². The molecule has 3 nitrogen and oxygen atoms in total. The Morgan fingerprint density at radius 3 is 2.72 bits per heavy atom. The number of halogens is 1. The maximum absolute atomic E-state index is 3.51. The van der Waals surface area contributed by atoms with Crippen molar-refractivity contribution in [1.29, 1.82) is 0 Å². The molecule has 18 heavy (non-hydrogen) atoms. The molecule has 0 atom stereocenters. The van der Waals surface area contributed by atoms with Crippen LogP contribution >= 0.6 is 27.3 Å². The van der Waals surface area contributed by atoms with Crippen molar-refractivity contribution in [3.63, 3.8) is 0 Å². The molecular formula is C13H22BrN3S. The van der Waals surface area contributed by atoms with E-state index in [-0.39, 0.29) is 5.54 Å². The molecule has 0 aromatic carbocycles. The summed E-state index contributed by atoms with van der Waals surface area (Å²) in [5.74, 6) is 0. The van der Waals surface area contributed by atoms with Gasteiger partial charge in [-0.2, -0.15) is 0 Å². The van der Waals surface area contributed by atoms with Crippen molar-refractivity contribution in [3.05, 3.63) is 15.9 Å². The Hall–Kier alpha value is -0.100. The fourth-order valence-corrected chi connectivity index (χ4v) is 3.64. The molecule has 0 bridgehead atoms. The van der Waals surface area contributed by atoms with Crippen molar-refractivity contribution < 1.29 is 0 Å². The number of anilines is 1. The summed E-state index contributed by atoms with van der Waals surface area (Å²) in [4.78, 5) is 2.59. The highest BCUT2D eigenvalue weighted by molar-refractivity contribution is 9.11. The van der Waals surface area contributed by atoms with E-state index in [9.17, 15) is 0 Å². The number of nitrogens with zero attached hydrogens (tertiary/aromatic N) is 1. The van der Waals surface area contributed by atoms with Crippen LogP contribution in [-0.4, -0.2) is 43.2 Å². The molecule has 1 saturated heterocycles. The van der Waals surface area contributed by atoms with Crippen molar-refractivity contribution >= 4 is 32.3 Å². The van der Waals surface area contributed by atoms with Crippen LogP contribution in [0.15, 0.2) is 15.9 Å². The summed E-state index contributed by atoms with van der Waals surface area (Å²) in [6.07, 6.45) is 1.17. The van der Waals surface area contributed by atoms with E-state index < -0.39 is 0 Å². The molecule has 102 valence electrons. The molecule has 1 aromatic heterocycles. The number of thiophene rings is 1. The Bertz CT molecular complexity index is 372. The molecule has 2 rings (SSSR count).